The second-order valence-corrected chi connectivity index (χ2v) is 4.55. The van der Waals surface area contributed by atoms with Crippen LogP contribution in [-0.2, 0) is 19.3 Å². The SMILES string of the molecule is CCc1sc(C)c2c1CCC2. The van der Waals surface area contributed by atoms with Gasteiger partial charge in [0, 0.05) is 9.75 Å². The maximum absolute atomic E-state index is 2.27. The first kappa shape index (κ1) is 7.35. The van der Waals surface area contributed by atoms with Crippen LogP contribution in [0.2, 0.25) is 0 Å². The van der Waals surface area contributed by atoms with E-state index in [-0.39, 0.29) is 0 Å². The van der Waals surface area contributed by atoms with E-state index in [1.807, 2.05) is 11.3 Å². The van der Waals surface area contributed by atoms with Gasteiger partial charge >= 0.3 is 0 Å². The van der Waals surface area contributed by atoms with Gasteiger partial charge in [0.05, 0.1) is 0 Å². The fourth-order valence-corrected chi connectivity index (χ4v) is 3.24. The number of fused-ring (bicyclic) bond motifs is 1. The molecule has 0 saturated heterocycles. The summed E-state index contributed by atoms with van der Waals surface area (Å²) in [4.78, 5) is 3.23. The van der Waals surface area contributed by atoms with Crippen molar-refractivity contribution in [1.29, 1.82) is 0 Å². The van der Waals surface area contributed by atoms with Gasteiger partial charge in [-0.15, -0.1) is 11.3 Å². The van der Waals surface area contributed by atoms with Gasteiger partial charge in [0.1, 0.15) is 0 Å². The lowest BCUT2D eigenvalue weighted by Crippen LogP contribution is -1.81. The number of hydrogen-bond acceptors (Lipinski definition) is 1. The lowest BCUT2D eigenvalue weighted by atomic mass is 10.1. The molecule has 0 aromatic carbocycles. The summed E-state index contributed by atoms with van der Waals surface area (Å²) in [6, 6.07) is 0. The summed E-state index contributed by atoms with van der Waals surface area (Å²) in [5, 5.41) is 0. The molecule has 1 aromatic rings. The number of hydrogen-bond donors (Lipinski definition) is 0. The van der Waals surface area contributed by atoms with Crippen LogP contribution in [0, 0.1) is 6.92 Å². The minimum Gasteiger partial charge on any atom is -0.145 e. The Balaban J connectivity index is 2.52. The van der Waals surface area contributed by atoms with Crippen molar-refractivity contribution >= 4 is 11.3 Å². The van der Waals surface area contributed by atoms with Crippen molar-refractivity contribution in [2.24, 2.45) is 0 Å². The van der Waals surface area contributed by atoms with E-state index in [9.17, 15) is 0 Å². The summed E-state index contributed by atoms with van der Waals surface area (Å²) in [5.74, 6) is 0. The zero-order valence-electron chi connectivity index (χ0n) is 7.24. The molecule has 1 aliphatic carbocycles. The number of thiophene rings is 1. The Morgan fingerprint density at radius 3 is 2.73 bits per heavy atom. The standard InChI is InChI=1S/C10H14S/c1-3-10-9-6-4-5-8(9)7(2)11-10/h3-6H2,1-2H3. The first-order chi connectivity index (χ1) is 5.33. The van der Waals surface area contributed by atoms with E-state index in [0.29, 0.717) is 0 Å². The molecule has 11 heavy (non-hydrogen) atoms. The highest BCUT2D eigenvalue weighted by atomic mass is 32.1. The van der Waals surface area contributed by atoms with Crippen LogP contribution >= 0.6 is 11.3 Å². The predicted octanol–water partition coefficient (Wildman–Crippen LogP) is 3.11. The molecule has 0 saturated carbocycles. The average molecular weight is 166 g/mol. The van der Waals surface area contributed by atoms with E-state index in [1.165, 1.54) is 25.7 Å². The molecular weight excluding hydrogens is 152 g/mol. The molecule has 0 unspecified atom stereocenters. The third kappa shape index (κ3) is 1.02. The van der Waals surface area contributed by atoms with Gasteiger partial charge in [0.2, 0.25) is 0 Å². The summed E-state index contributed by atoms with van der Waals surface area (Å²) in [6.45, 7) is 4.54. The summed E-state index contributed by atoms with van der Waals surface area (Å²) >= 11 is 2.02. The van der Waals surface area contributed by atoms with Crippen molar-refractivity contribution in [3.8, 4) is 0 Å². The van der Waals surface area contributed by atoms with Crippen LogP contribution < -0.4 is 0 Å². The Labute approximate surface area is 72.3 Å². The Hall–Kier alpha value is -0.300. The third-order valence-corrected chi connectivity index (χ3v) is 3.91. The fraction of sp³-hybridized carbons (Fsp3) is 0.600. The Morgan fingerprint density at radius 1 is 1.27 bits per heavy atom. The molecule has 60 valence electrons. The second-order valence-electron chi connectivity index (χ2n) is 3.25. The van der Waals surface area contributed by atoms with Crippen molar-refractivity contribution in [2.45, 2.75) is 39.5 Å². The van der Waals surface area contributed by atoms with Crippen LogP contribution in [0.25, 0.3) is 0 Å². The monoisotopic (exact) mass is 166 g/mol. The fourth-order valence-electron chi connectivity index (χ4n) is 2.03. The maximum Gasteiger partial charge on any atom is 0.00801 e. The van der Waals surface area contributed by atoms with Crippen molar-refractivity contribution in [2.75, 3.05) is 0 Å². The average Bonchev–Trinajstić information content (AvgIpc) is 2.54. The summed E-state index contributed by atoms with van der Waals surface area (Å²) in [6.07, 6.45) is 5.33. The lowest BCUT2D eigenvalue weighted by Gasteiger charge is -1.92. The molecule has 0 N–H and O–H groups in total. The zero-order valence-corrected chi connectivity index (χ0v) is 8.05. The zero-order chi connectivity index (χ0) is 7.84. The van der Waals surface area contributed by atoms with Crippen LogP contribution in [-0.4, -0.2) is 0 Å². The van der Waals surface area contributed by atoms with Gasteiger partial charge in [-0.2, -0.15) is 0 Å². The van der Waals surface area contributed by atoms with Gasteiger partial charge in [0.15, 0.2) is 0 Å². The summed E-state index contributed by atoms with van der Waals surface area (Å²) < 4.78 is 0. The number of aryl methyl sites for hydroxylation is 2. The van der Waals surface area contributed by atoms with Gasteiger partial charge < -0.3 is 0 Å². The normalized spacial score (nSPS) is 15.5. The van der Waals surface area contributed by atoms with Gasteiger partial charge in [-0.05, 0) is 43.7 Å². The molecule has 1 aliphatic rings. The van der Waals surface area contributed by atoms with Crippen molar-refractivity contribution < 1.29 is 0 Å². The van der Waals surface area contributed by atoms with E-state index in [4.69, 9.17) is 0 Å². The molecule has 0 radical (unpaired) electrons. The molecule has 0 aliphatic heterocycles. The van der Waals surface area contributed by atoms with E-state index >= 15 is 0 Å². The molecule has 0 spiro atoms. The van der Waals surface area contributed by atoms with E-state index < -0.39 is 0 Å². The van der Waals surface area contributed by atoms with Gasteiger partial charge in [-0.1, -0.05) is 6.92 Å². The maximum atomic E-state index is 2.27. The summed E-state index contributed by atoms with van der Waals surface area (Å²) in [5.41, 5.74) is 3.39. The molecule has 1 heterocycles. The summed E-state index contributed by atoms with van der Waals surface area (Å²) in [7, 11) is 0. The highest BCUT2D eigenvalue weighted by Gasteiger charge is 2.18. The van der Waals surface area contributed by atoms with Crippen molar-refractivity contribution in [3.05, 3.63) is 20.9 Å². The minimum atomic E-state index is 1.24. The van der Waals surface area contributed by atoms with Crippen molar-refractivity contribution in [1.82, 2.24) is 0 Å². The Kier molecular flexibility index (Phi) is 1.76. The molecule has 2 rings (SSSR count). The van der Waals surface area contributed by atoms with Crippen LogP contribution in [0.3, 0.4) is 0 Å². The molecule has 0 nitrogen and oxygen atoms in total. The highest BCUT2D eigenvalue weighted by molar-refractivity contribution is 7.12. The van der Waals surface area contributed by atoms with E-state index in [1.54, 1.807) is 20.9 Å². The smallest absolute Gasteiger partial charge is 0.00801 e. The highest BCUT2D eigenvalue weighted by Crippen LogP contribution is 2.34. The van der Waals surface area contributed by atoms with Gasteiger partial charge in [-0.25, -0.2) is 0 Å². The molecular formula is C10H14S. The van der Waals surface area contributed by atoms with Gasteiger partial charge in [0.25, 0.3) is 0 Å². The third-order valence-electron chi connectivity index (χ3n) is 2.58. The predicted molar refractivity (Wildman–Crippen MR) is 50.5 cm³/mol. The molecule has 1 aromatic heterocycles. The minimum absolute atomic E-state index is 1.24. The molecule has 1 heteroatoms. The second kappa shape index (κ2) is 2.63. The topological polar surface area (TPSA) is 0 Å². The molecule has 0 atom stereocenters. The van der Waals surface area contributed by atoms with Crippen LogP contribution in [0.1, 0.15) is 34.2 Å². The van der Waals surface area contributed by atoms with E-state index in [2.05, 4.69) is 13.8 Å². The largest absolute Gasteiger partial charge is 0.145 e. The first-order valence-electron chi connectivity index (χ1n) is 4.43. The quantitative estimate of drug-likeness (QED) is 0.601. The molecule has 0 bridgehead atoms. The Bertz CT molecular complexity index is 271. The van der Waals surface area contributed by atoms with Crippen LogP contribution in [0.5, 0.6) is 0 Å². The van der Waals surface area contributed by atoms with Gasteiger partial charge in [-0.3, -0.25) is 0 Å². The lowest BCUT2D eigenvalue weighted by molar-refractivity contribution is 0.903. The van der Waals surface area contributed by atoms with Crippen LogP contribution in [0.4, 0.5) is 0 Å². The van der Waals surface area contributed by atoms with E-state index in [0.717, 1.165) is 0 Å². The Morgan fingerprint density at radius 2 is 2.00 bits per heavy atom. The van der Waals surface area contributed by atoms with Crippen LogP contribution in [0.15, 0.2) is 0 Å². The van der Waals surface area contributed by atoms with Crippen molar-refractivity contribution in [3.63, 3.8) is 0 Å². The molecule has 0 amide bonds. The number of rotatable bonds is 1. The molecule has 0 fully saturated rings. The first-order valence-corrected chi connectivity index (χ1v) is 5.24.